The van der Waals surface area contributed by atoms with E-state index in [1.54, 1.807) is 13.8 Å². The predicted molar refractivity (Wildman–Crippen MR) is 41.3 cm³/mol. The molecule has 0 bridgehead atoms. The lowest BCUT2D eigenvalue weighted by Crippen LogP contribution is -2.31. The van der Waals surface area contributed by atoms with E-state index < -0.39 is 11.8 Å². The molecule has 1 aliphatic heterocycles. The number of cyclic esters (lactones) is 1. The van der Waals surface area contributed by atoms with Crippen LogP contribution in [0.3, 0.4) is 0 Å². The summed E-state index contributed by atoms with van der Waals surface area (Å²) in [5.74, 6) is -1.50. The third-order valence-corrected chi connectivity index (χ3v) is 2.14. The lowest BCUT2D eigenvalue weighted by Gasteiger charge is -2.23. The highest BCUT2D eigenvalue weighted by Crippen LogP contribution is 2.32. The summed E-state index contributed by atoms with van der Waals surface area (Å²) in [5, 5.41) is 8.95. The van der Waals surface area contributed by atoms with Gasteiger partial charge in [0, 0.05) is 25.2 Å². The SMILES string of the molecule is CO[C@]1(C)OC(=O)C(C)=C1CO. The van der Waals surface area contributed by atoms with Crippen LogP contribution >= 0.6 is 0 Å². The molecule has 4 nitrogen and oxygen atoms in total. The summed E-state index contributed by atoms with van der Waals surface area (Å²) < 4.78 is 9.90. The first-order valence-corrected chi connectivity index (χ1v) is 3.64. The second-order valence-electron chi connectivity index (χ2n) is 2.80. The van der Waals surface area contributed by atoms with Crippen molar-refractivity contribution < 1.29 is 19.4 Å². The van der Waals surface area contributed by atoms with Gasteiger partial charge in [-0.1, -0.05) is 0 Å². The van der Waals surface area contributed by atoms with Crippen molar-refractivity contribution in [2.75, 3.05) is 13.7 Å². The quantitative estimate of drug-likeness (QED) is 0.605. The Kier molecular flexibility index (Phi) is 2.21. The molecule has 1 N–H and O–H groups in total. The van der Waals surface area contributed by atoms with E-state index in [1.165, 1.54) is 7.11 Å². The number of hydrogen-bond acceptors (Lipinski definition) is 4. The van der Waals surface area contributed by atoms with Gasteiger partial charge >= 0.3 is 5.97 Å². The van der Waals surface area contributed by atoms with Gasteiger partial charge in [-0.2, -0.15) is 0 Å². The van der Waals surface area contributed by atoms with E-state index in [9.17, 15) is 4.79 Å². The molecular weight excluding hydrogens is 160 g/mol. The maximum atomic E-state index is 11.0. The van der Waals surface area contributed by atoms with Crippen molar-refractivity contribution in [1.29, 1.82) is 0 Å². The molecule has 0 aliphatic carbocycles. The van der Waals surface area contributed by atoms with Crippen molar-refractivity contribution in [1.82, 2.24) is 0 Å². The number of carbonyl (C=O) groups excluding carboxylic acids is 1. The molecule has 0 saturated carbocycles. The number of ether oxygens (including phenoxy) is 2. The summed E-state index contributed by atoms with van der Waals surface area (Å²) in [6, 6.07) is 0. The van der Waals surface area contributed by atoms with Crippen molar-refractivity contribution in [3.05, 3.63) is 11.1 Å². The van der Waals surface area contributed by atoms with E-state index in [1.807, 2.05) is 0 Å². The third-order valence-electron chi connectivity index (χ3n) is 2.14. The largest absolute Gasteiger partial charge is 0.426 e. The molecule has 1 heterocycles. The number of aliphatic hydroxyl groups excluding tert-OH is 1. The van der Waals surface area contributed by atoms with Gasteiger partial charge in [0.1, 0.15) is 0 Å². The molecule has 1 rings (SSSR count). The van der Waals surface area contributed by atoms with E-state index in [0.29, 0.717) is 11.1 Å². The highest BCUT2D eigenvalue weighted by atomic mass is 16.7. The lowest BCUT2D eigenvalue weighted by molar-refractivity contribution is -0.186. The Labute approximate surface area is 70.8 Å². The van der Waals surface area contributed by atoms with Crippen molar-refractivity contribution in [2.45, 2.75) is 19.6 Å². The molecule has 68 valence electrons. The molecular formula is C8H12O4. The summed E-state index contributed by atoms with van der Waals surface area (Å²) in [6.45, 7) is 2.99. The number of esters is 1. The van der Waals surface area contributed by atoms with Crippen LogP contribution in [0.1, 0.15) is 13.8 Å². The van der Waals surface area contributed by atoms with E-state index >= 15 is 0 Å². The number of aliphatic hydroxyl groups is 1. The summed E-state index contributed by atoms with van der Waals surface area (Å²) in [6.07, 6.45) is 0. The van der Waals surface area contributed by atoms with Gasteiger partial charge in [-0.3, -0.25) is 0 Å². The predicted octanol–water partition coefficient (Wildman–Crippen LogP) is 0.215. The normalized spacial score (nSPS) is 29.5. The fraction of sp³-hybridized carbons (Fsp3) is 0.625. The molecule has 12 heavy (non-hydrogen) atoms. The van der Waals surface area contributed by atoms with Gasteiger partial charge in [-0.25, -0.2) is 4.79 Å². The zero-order valence-electron chi connectivity index (χ0n) is 7.38. The van der Waals surface area contributed by atoms with Crippen LogP contribution in [0.4, 0.5) is 0 Å². The molecule has 0 fully saturated rings. The second-order valence-corrected chi connectivity index (χ2v) is 2.80. The topological polar surface area (TPSA) is 55.8 Å². The zero-order valence-corrected chi connectivity index (χ0v) is 7.38. The standard InChI is InChI=1S/C8H12O4/c1-5-6(4-9)8(2,11-3)12-7(5)10/h9H,4H2,1-3H3/t8-/m1/s1. The molecule has 0 spiro atoms. The van der Waals surface area contributed by atoms with Crippen LogP contribution in [-0.4, -0.2) is 30.6 Å². The first-order valence-electron chi connectivity index (χ1n) is 3.64. The fourth-order valence-corrected chi connectivity index (χ4v) is 1.21. The third kappa shape index (κ3) is 1.13. The lowest BCUT2D eigenvalue weighted by atomic mass is 10.1. The van der Waals surface area contributed by atoms with Gasteiger partial charge < -0.3 is 14.6 Å². The van der Waals surface area contributed by atoms with Crippen LogP contribution in [-0.2, 0) is 14.3 Å². The zero-order chi connectivity index (χ0) is 9.35. The van der Waals surface area contributed by atoms with Crippen LogP contribution in [0.5, 0.6) is 0 Å². The Hall–Kier alpha value is -0.870. The number of methoxy groups -OCH3 is 1. The molecule has 0 saturated heterocycles. The molecule has 1 atom stereocenters. The highest BCUT2D eigenvalue weighted by Gasteiger charge is 2.41. The van der Waals surface area contributed by atoms with Gasteiger partial charge in [0.15, 0.2) is 0 Å². The Morgan fingerprint density at radius 3 is 2.58 bits per heavy atom. The number of hydrogen-bond donors (Lipinski definition) is 1. The van der Waals surface area contributed by atoms with Gasteiger partial charge in [-0.15, -0.1) is 0 Å². The van der Waals surface area contributed by atoms with Crippen LogP contribution in [0.25, 0.3) is 0 Å². The summed E-state index contributed by atoms with van der Waals surface area (Å²) in [7, 11) is 1.43. The first kappa shape index (κ1) is 9.22. The van der Waals surface area contributed by atoms with Crippen LogP contribution in [0, 0.1) is 0 Å². The van der Waals surface area contributed by atoms with Gasteiger partial charge in [0.05, 0.1) is 6.61 Å². The van der Waals surface area contributed by atoms with E-state index in [2.05, 4.69) is 0 Å². The molecule has 0 amide bonds. The minimum Gasteiger partial charge on any atom is -0.426 e. The Morgan fingerprint density at radius 2 is 2.25 bits per heavy atom. The summed E-state index contributed by atoms with van der Waals surface area (Å²) >= 11 is 0. The van der Waals surface area contributed by atoms with Crippen LogP contribution in [0.15, 0.2) is 11.1 Å². The average molecular weight is 172 g/mol. The monoisotopic (exact) mass is 172 g/mol. The van der Waals surface area contributed by atoms with Crippen molar-refractivity contribution in [3.8, 4) is 0 Å². The van der Waals surface area contributed by atoms with Crippen molar-refractivity contribution >= 4 is 5.97 Å². The number of carbonyl (C=O) groups is 1. The van der Waals surface area contributed by atoms with E-state index in [0.717, 1.165) is 0 Å². The van der Waals surface area contributed by atoms with Crippen LogP contribution < -0.4 is 0 Å². The maximum Gasteiger partial charge on any atom is 0.336 e. The fourth-order valence-electron chi connectivity index (χ4n) is 1.21. The average Bonchev–Trinajstić information content (AvgIpc) is 2.25. The Bertz CT molecular complexity index is 243. The molecule has 4 heteroatoms. The maximum absolute atomic E-state index is 11.0. The summed E-state index contributed by atoms with van der Waals surface area (Å²) in [4.78, 5) is 11.0. The highest BCUT2D eigenvalue weighted by molar-refractivity contribution is 5.92. The first-order chi connectivity index (χ1) is 5.55. The number of rotatable bonds is 2. The molecule has 1 aliphatic rings. The smallest absolute Gasteiger partial charge is 0.336 e. The van der Waals surface area contributed by atoms with E-state index in [4.69, 9.17) is 14.6 Å². The molecule has 0 unspecified atom stereocenters. The Morgan fingerprint density at radius 1 is 1.67 bits per heavy atom. The molecule has 0 aromatic heterocycles. The summed E-state index contributed by atoms with van der Waals surface area (Å²) in [5.41, 5.74) is 0.928. The van der Waals surface area contributed by atoms with Crippen molar-refractivity contribution in [3.63, 3.8) is 0 Å². The minimum absolute atomic E-state index is 0.220. The molecule has 0 aromatic carbocycles. The van der Waals surface area contributed by atoms with E-state index in [-0.39, 0.29) is 6.61 Å². The van der Waals surface area contributed by atoms with Gasteiger partial charge in [-0.05, 0) is 6.92 Å². The van der Waals surface area contributed by atoms with Gasteiger partial charge in [0.2, 0.25) is 5.79 Å². The molecule has 0 radical (unpaired) electrons. The minimum atomic E-state index is -1.07. The second kappa shape index (κ2) is 2.88. The molecule has 0 aromatic rings. The Balaban J connectivity index is 3.06. The van der Waals surface area contributed by atoms with Gasteiger partial charge in [0.25, 0.3) is 0 Å². The van der Waals surface area contributed by atoms with Crippen LogP contribution in [0.2, 0.25) is 0 Å². The van der Waals surface area contributed by atoms with Crippen molar-refractivity contribution in [2.24, 2.45) is 0 Å².